The molecule has 0 fully saturated rings. The van der Waals surface area contributed by atoms with Gasteiger partial charge in [-0.05, 0) is 49.6 Å². The minimum Gasteiger partial charge on any atom is -0.457 e. The van der Waals surface area contributed by atoms with Crippen LogP contribution in [0.2, 0.25) is 5.02 Å². The Bertz CT molecular complexity index is 871. The van der Waals surface area contributed by atoms with Crippen molar-refractivity contribution in [2.24, 2.45) is 5.73 Å². The van der Waals surface area contributed by atoms with Crippen molar-refractivity contribution in [3.05, 3.63) is 69.2 Å². The molecule has 7 heteroatoms. The summed E-state index contributed by atoms with van der Waals surface area (Å²) >= 11 is 5.86. The zero-order valence-electron chi connectivity index (χ0n) is 16.0. The van der Waals surface area contributed by atoms with Crippen LogP contribution in [0.5, 0.6) is 0 Å². The van der Waals surface area contributed by atoms with Crippen molar-refractivity contribution in [2.45, 2.75) is 33.2 Å². The van der Waals surface area contributed by atoms with Crippen LogP contribution in [0.3, 0.4) is 0 Å². The molecule has 0 aromatic heterocycles. The van der Waals surface area contributed by atoms with E-state index in [1.165, 1.54) is 0 Å². The maximum absolute atomic E-state index is 12.5. The fourth-order valence-corrected chi connectivity index (χ4v) is 3.31. The number of primary amides is 1. The molecule has 1 atom stereocenters. The lowest BCUT2D eigenvalue weighted by Gasteiger charge is -2.17. The summed E-state index contributed by atoms with van der Waals surface area (Å²) < 4.78 is 5.15. The third kappa shape index (κ3) is 5.82. The van der Waals surface area contributed by atoms with Crippen LogP contribution in [0, 0.1) is 20.8 Å². The zero-order chi connectivity index (χ0) is 20.8. The Morgan fingerprint density at radius 3 is 2.18 bits per heavy atom. The SMILES string of the molecule is Cc1cc(C)c(C(=O)COC(=O)C[C@@H](NC(N)=O)c2ccc(Cl)cc2)c(C)c1. The molecular formula is C21H23ClN2O4. The zero-order valence-corrected chi connectivity index (χ0v) is 16.8. The van der Waals surface area contributed by atoms with Gasteiger partial charge in [0, 0.05) is 10.6 Å². The van der Waals surface area contributed by atoms with Gasteiger partial charge in [0.1, 0.15) is 0 Å². The van der Waals surface area contributed by atoms with E-state index in [1.807, 2.05) is 32.9 Å². The lowest BCUT2D eigenvalue weighted by Crippen LogP contribution is -2.34. The third-order valence-corrected chi connectivity index (χ3v) is 4.53. The van der Waals surface area contributed by atoms with E-state index in [0.717, 1.165) is 16.7 Å². The summed E-state index contributed by atoms with van der Waals surface area (Å²) in [6.07, 6.45) is -0.163. The fraction of sp³-hybridized carbons (Fsp3) is 0.286. The number of amides is 2. The number of carbonyl (C=O) groups excluding carboxylic acids is 3. The first kappa shape index (κ1) is 21.4. The summed E-state index contributed by atoms with van der Waals surface area (Å²) in [5.41, 5.74) is 9.15. The Kier molecular flexibility index (Phi) is 7.18. The average molecular weight is 403 g/mol. The van der Waals surface area contributed by atoms with Crippen LogP contribution in [-0.4, -0.2) is 24.4 Å². The number of Topliss-reactive ketones (excluding diaryl/α,β-unsaturated/α-hetero) is 1. The molecule has 3 N–H and O–H groups in total. The van der Waals surface area contributed by atoms with E-state index in [2.05, 4.69) is 5.32 Å². The molecule has 2 aromatic rings. The van der Waals surface area contributed by atoms with Crippen LogP contribution >= 0.6 is 11.6 Å². The highest BCUT2D eigenvalue weighted by atomic mass is 35.5. The van der Waals surface area contributed by atoms with E-state index < -0.39 is 18.0 Å². The fourth-order valence-electron chi connectivity index (χ4n) is 3.18. The van der Waals surface area contributed by atoms with Crippen molar-refractivity contribution in [2.75, 3.05) is 6.61 Å². The van der Waals surface area contributed by atoms with Crippen molar-refractivity contribution in [1.82, 2.24) is 5.32 Å². The summed E-state index contributed by atoms with van der Waals surface area (Å²) in [7, 11) is 0. The summed E-state index contributed by atoms with van der Waals surface area (Å²) in [6, 6.07) is 9.02. The predicted octanol–water partition coefficient (Wildman–Crippen LogP) is 3.79. The summed E-state index contributed by atoms with van der Waals surface area (Å²) in [4.78, 5) is 36.0. The topological polar surface area (TPSA) is 98.5 Å². The summed E-state index contributed by atoms with van der Waals surface area (Å²) in [5.74, 6) is -0.890. The molecule has 0 bridgehead atoms. The Labute approximate surface area is 169 Å². The van der Waals surface area contributed by atoms with Gasteiger partial charge in [0.2, 0.25) is 5.78 Å². The number of aryl methyl sites for hydroxylation is 3. The predicted molar refractivity (Wildman–Crippen MR) is 107 cm³/mol. The molecule has 0 saturated carbocycles. The van der Waals surface area contributed by atoms with Crippen molar-refractivity contribution in [3.63, 3.8) is 0 Å². The number of rotatable bonds is 7. The van der Waals surface area contributed by atoms with Crippen LogP contribution in [-0.2, 0) is 9.53 Å². The van der Waals surface area contributed by atoms with Gasteiger partial charge < -0.3 is 15.8 Å². The molecule has 0 unspecified atom stereocenters. The molecular weight excluding hydrogens is 380 g/mol. The van der Waals surface area contributed by atoms with Gasteiger partial charge in [0.05, 0.1) is 12.5 Å². The number of nitrogens with two attached hydrogens (primary N) is 1. The minimum absolute atomic E-state index is 0.163. The molecule has 148 valence electrons. The number of hydrogen-bond acceptors (Lipinski definition) is 4. The van der Waals surface area contributed by atoms with Crippen LogP contribution in [0.1, 0.15) is 45.1 Å². The largest absolute Gasteiger partial charge is 0.457 e. The molecule has 0 aliphatic rings. The van der Waals surface area contributed by atoms with Gasteiger partial charge in [0.15, 0.2) is 6.61 Å². The highest BCUT2D eigenvalue weighted by Gasteiger charge is 2.20. The Balaban J connectivity index is 2.03. The Hall–Kier alpha value is -2.86. The van der Waals surface area contributed by atoms with Gasteiger partial charge in [-0.3, -0.25) is 9.59 Å². The molecule has 2 rings (SSSR count). The number of carbonyl (C=O) groups is 3. The quantitative estimate of drug-likeness (QED) is 0.543. The van der Waals surface area contributed by atoms with E-state index in [0.29, 0.717) is 16.1 Å². The molecule has 0 aliphatic heterocycles. The highest BCUT2D eigenvalue weighted by Crippen LogP contribution is 2.21. The number of halogens is 1. The number of hydrogen-bond donors (Lipinski definition) is 2. The van der Waals surface area contributed by atoms with Crippen LogP contribution in [0.15, 0.2) is 36.4 Å². The second-order valence-corrected chi connectivity index (χ2v) is 7.11. The number of ketones is 1. The number of esters is 1. The van der Waals surface area contributed by atoms with Crippen LogP contribution < -0.4 is 11.1 Å². The molecule has 0 spiro atoms. The Morgan fingerprint density at radius 2 is 1.64 bits per heavy atom. The molecule has 0 radical (unpaired) electrons. The molecule has 0 saturated heterocycles. The first-order chi connectivity index (χ1) is 13.2. The maximum Gasteiger partial charge on any atom is 0.312 e. The highest BCUT2D eigenvalue weighted by molar-refractivity contribution is 6.30. The van der Waals surface area contributed by atoms with E-state index in [-0.39, 0.29) is 18.8 Å². The van der Waals surface area contributed by atoms with Gasteiger partial charge in [0.25, 0.3) is 0 Å². The van der Waals surface area contributed by atoms with Crippen molar-refractivity contribution in [3.8, 4) is 0 Å². The van der Waals surface area contributed by atoms with Gasteiger partial charge in [-0.15, -0.1) is 0 Å². The van der Waals surface area contributed by atoms with Crippen molar-refractivity contribution >= 4 is 29.4 Å². The maximum atomic E-state index is 12.5. The normalized spacial score (nSPS) is 11.6. The second kappa shape index (κ2) is 9.37. The molecule has 2 aromatic carbocycles. The molecule has 28 heavy (non-hydrogen) atoms. The first-order valence-electron chi connectivity index (χ1n) is 8.75. The van der Waals surface area contributed by atoms with Gasteiger partial charge >= 0.3 is 12.0 Å². The third-order valence-electron chi connectivity index (χ3n) is 4.28. The minimum atomic E-state index is -0.769. The van der Waals surface area contributed by atoms with Gasteiger partial charge in [-0.1, -0.05) is 41.4 Å². The van der Waals surface area contributed by atoms with Crippen molar-refractivity contribution in [1.29, 1.82) is 0 Å². The van der Waals surface area contributed by atoms with Crippen molar-refractivity contribution < 1.29 is 19.1 Å². The average Bonchev–Trinajstić information content (AvgIpc) is 2.58. The number of nitrogens with one attached hydrogen (secondary N) is 1. The lowest BCUT2D eigenvalue weighted by atomic mass is 9.97. The smallest absolute Gasteiger partial charge is 0.312 e. The lowest BCUT2D eigenvalue weighted by molar-refractivity contribution is -0.143. The number of benzene rings is 2. The summed E-state index contributed by atoms with van der Waals surface area (Å²) in [5, 5.41) is 3.03. The molecule has 6 nitrogen and oxygen atoms in total. The number of urea groups is 1. The first-order valence-corrected chi connectivity index (χ1v) is 9.13. The van der Waals surface area contributed by atoms with Gasteiger partial charge in [-0.2, -0.15) is 0 Å². The Morgan fingerprint density at radius 1 is 1.07 bits per heavy atom. The van der Waals surface area contributed by atoms with Gasteiger partial charge in [-0.25, -0.2) is 4.79 Å². The van der Waals surface area contributed by atoms with Crippen LogP contribution in [0.4, 0.5) is 4.79 Å². The van der Waals surface area contributed by atoms with E-state index in [1.54, 1.807) is 24.3 Å². The van der Waals surface area contributed by atoms with Crippen LogP contribution in [0.25, 0.3) is 0 Å². The monoisotopic (exact) mass is 402 g/mol. The van der Waals surface area contributed by atoms with E-state index in [4.69, 9.17) is 22.1 Å². The second-order valence-electron chi connectivity index (χ2n) is 6.67. The van der Waals surface area contributed by atoms with E-state index in [9.17, 15) is 14.4 Å². The van der Waals surface area contributed by atoms with E-state index >= 15 is 0 Å². The summed E-state index contributed by atoms with van der Waals surface area (Å²) in [6.45, 7) is 5.29. The standard InChI is InChI=1S/C21H23ClN2O4/c1-12-8-13(2)20(14(3)9-12)18(25)11-28-19(26)10-17(24-21(23)27)15-4-6-16(22)7-5-15/h4-9,17H,10-11H2,1-3H3,(H3,23,24,27)/t17-/m1/s1. The molecule has 2 amide bonds. The molecule has 0 aliphatic carbocycles. The number of ether oxygens (including phenoxy) is 1. The molecule has 0 heterocycles.